The van der Waals surface area contributed by atoms with Crippen LogP contribution in [-0.4, -0.2) is 54.4 Å². The lowest BCUT2D eigenvalue weighted by atomic mass is 9.90. The molecule has 19 heavy (non-hydrogen) atoms. The van der Waals surface area contributed by atoms with Crippen molar-refractivity contribution in [3.63, 3.8) is 0 Å². The van der Waals surface area contributed by atoms with E-state index < -0.39 is 24.2 Å². The molecule has 0 spiro atoms. The number of likely N-dealkylation sites (tertiary alicyclic amines) is 1. The third-order valence-electron chi connectivity index (χ3n) is 3.07. The van der Waals surface area contributed by atoms with Crippen molar-refractivity contribution in [1.29, 1.82) is 0 Å². The van der Waals surface area contributed by atoms with Gasteiger partial charge in [0.2, 0.25) is 5.91 Å². The zero-order chi connectivity index (χ0) is 14.7. The molecule has 0 radical (unpaired) electrons. The van der Waals surface area contributed by atoms with Gasteiger partial charge in [0.15, 0.2) is 0 Å². The number of hydrogen-bond acceptors (Lipinski definition) is 3. The Labute approximate surface area is 108 Å². The number of carboxylic acids is 1. The molecule has 0 bridgehead atoms. The molecule has 5 nitrogen and oxygen atoms in total. The van der Waals surface area contributed by atoms with Gasteiger partial charge >= 0.3 is 12.1 Å². The van der Waals surface area contributed by atoms with Crippen LogP contribution in [0.5, 0.6) is 0 Å². The quantitative estimate of drug-likeness (QED) is 0.772. The number of halogens is 3. The van der Waals surface area contributed by atoms with E-state index in [1.165, 1.54) is 4.90 Å². The van der Waals surface area contributed by atoms with Crippen LogP contribution in [0.1, 0.15) is 19.8 Å². The summed E-state index contributed by atoms with van der Waals surface area (Å²) >= 11 is 0. The molecule has 0 aromatic carbocycles. The SMILES string of the molecule is C[C@@]1(C(=O)O)CCN(C(=O)CCOCC(F)(F)F)C1. The number of carboxylic acid groups (broad SMARTS) is 1. The first-order valence-electron chi connectivity index (χ1n) is 5.80. The van der Waals surface area contributed by atoms with Crippen LogP contribution in [0, 0.1) is 5.41 Å². The Morgan fingerprint density at radius 1 is 1.42 bits per heavy atom. The number of nitrogens with zero attached hydrogens (tertiary/aromatic N) is 1. The van der Waals surface area contributed by atoms with Crippen LogP contribution >= 0.6 is 0 Å². The average molecular weight is 283 g/mol. The molecule has 1 aliphatic heterocycles. The molecule has 110 valence electrons. The van der Waals surface area contributed by atoms with Crippen molar-refractivity contribution in [2.24, 2.45) is 5.41 Å². The maximum atomic E-state index is 11.8. The summed E-state index contributed by atoms with van der Waals surface area (Å²) in [5, 5.41) is 8.99. The highest BCUT2D eigenvalue weighted by Gasteiger charge is 2.41. The Bertz CT molecular complexity index is 358. The molecule has 1 amide bonds. The summed E-state index contributed by atoms with van der Waals surface area (Å²) in [7, 11) is 0. The number of amides is 1. The third kappa shape index (κ3) is 4.70. The van der Waals surface area contributed by atoms with Crippen LogP contribution < -0.4 is 0 Å². The molecule has 1 fully saturated rings. The van der Waals surface area contributed by atoms with Crippen LogP contribution in [0.25, 0.3) is 0 Å². The topological polar surface area (TPSA) is 66.8 Å². The van der Waals surface area contributed by atoms with Gasteiger partial charge in [-0.15, -0.1) is 0 Å². The Morgan fingerprint density at radius 3 is 2.53 bits per heavy atom. The number of alkyl halides is 3. The number of carbonyl (C=O) groups excluding carboxylic acids is 1. The molecule has 0 aliphatic carbocycles. The van der Waals surface area contributed by atoms with E-state index >= 15 is 0 Å². The average Bonchev–Trinajstić information content (AvgIpc) is 2.67. The molecule has 1 atom stereocenters. The Hall–Kier alpha value is -1.31. The van der Waals surface area contributed by atoms with E-state index in [-0.39, 0.29) is 25.5 Å². The Morgan fingerprint density at radius 2 is 2.05 bits per heavy atom. The highest BCUT2D eigenvalue weighted by Crippen LogP contribution is 2.30. The molecule has 1 N–H and O–H groups in total. The summed E-state index contributed by atoms with van der Waals surface area (Å²) < 4.78 is 39.7. The first-order valence-corrected chi connectivity index (χ1v) is 5.80. The maximum Gasteiger partial charge on any atom is 0.411 e. The first-order chi connectivity index (χ1) is 8.64. The third-order valence-corrected chi connectivity index (χ3v) is 3.07. The van der Waals surface area contributed by atoms with Gasteiger partial charge in [-0.05, 0) is 13.3 Å². The van der Waals surface area contributed by atoms with Crippen molar-refractivity contribution in [1.82, 2.24) is 4.90 Å². The lowest BCUT2D eigenvalue weighted by Gasteiger charge is -2.20. The van der Waals surface area contributed by atoms with Crippen molar-refractivity contribution in [2.45, 2.75) is 25.9 Å². The highest BCUT2D eigenvalue weighted by atomic mass is 19.4. The van der Waals surface area contributed by atoms with Crippen molar-refractivity contribution >= 4 is 11.9 Å². The predicted molar refractivity (Wildman–Crippen MR) is 58.4 cm³/mol. The number of carbonyl (C=O) groups is 2. The molecule has 0 aromatic heterocycles. The molecule has 0 aromatic rings. The maximum absolute atomic E-state index is 11.8. The molecule has 8 heteroatoms. The van der Waals surface area contributed by atoms with E-state index in [0.717, 1.165) is 0 Å². The van der Waals surface area contributed by atoms with Crippen LogP contribution in [0.2, 0.25) is 0 Å². The second kappa shape index (κ2) is 5.77. The zero-order valence-corrected chi connectivity index (χ0v) is 10.5. The summed E-state index contributed by atoms with van der Waals surface area (Å²) in [6.07, 6.45) is -4.23. The number of ether oxygens (including phenoxy) is 1. The van der Waals surface area contributed by atoms with E-state index in [4.69, 9.17) is 5.11 Å². The van der Waals surface area contributed by atoms with Gasteiger partial charge in [-0.1, -0.05) is 0 Å². The van der Waals surface area contributed by atoms with E-state index in [9.17, 15) is 22.8 Å². The fourth-order valence-electron chi connectivity index (χ4n) is 1.85. The Kier molecular flexibility index (Phi) is 4.78. The monoisotopic (exact) mass is 283 g/mol. The van der Waals surface area contributed by atoms with Gasteiger partial charge in [0.25, 0.3) is 0 Å². The lowest BCUT2D eigenvalue weighted by Crippen LogP contribution is -2.35. The molecule has 1 rings (SSSR count). The molecule has 1 heterocycles. The molecule has 0 unspecified atom stereocenters. The fourth-order valence-corrected chi connectivity index (χ4v) is 1.85. The zero-order valence-electron chi connectivity index (χ0n) is 10.5. The summed E-state index contributed by atoms with van der Waals surface area (Å²) in [5.41, 5.74) is -0.970. The minimum atomic E-state index is -4.40. The largest absolute Gasteiger partial charge is 0.481 e. The van der Waals surface area contributed by atoms with Crippen LogP contribution in [0.4, 0.5) is 13.2 Å². The van der Waals surface area contributed by atoms with E-state index in [0.29, 0.717) is 13.0 Å². The van der Waals surface area contributed by atoms with Gasteiger partial charge in [-0.3, -0.25) is 9.59 Å². The molecular formula is C11H16F3NO4. The minimum absolute atomic E-state index is 0.0838. The first kappa shape index (κ1) is 15.7. The molecular weight excluding hydrogens is 267 g/mol. The number of aliphatic carboxylic acids is 1. The Balaban J connectivity index is 2.31. The van der Waals surface area contributed by atoms with Crippen molar-refractivity contribution in [2.75, 3.05) is 26.3 Å². The van der Waals surface area contributed by atoms with Crippen molar-refractivity contribution in [3.05, 3.63) is 0 Å². The molecule has 1 aliphatic rings. The standard InChI is InChI=1S/C11H16F3NO4/c1-10(9(17)18)3-4-15(6-10)8(16)2-5-19-7-11(12,13)14/h2-7H2,1H3,(H,17,18)/t10-/m1/s1. The number of hydrogen-bond donors (Lipinski definition) is 1. The number of rotatable bonds is 5. The second-order valence-electron chi connectivity index (χ2n) is 4.85. The van der Waals surface area contributed by atoms with Crippen LogP contribution in [0.15, 0.2) is 0 Å². The van der Waals surface area contributed by atoms with Gasteiger partial charge in [0.05, 0.1) is 18.4 Å². The van der Waals surface area contributed by atoms with Gasteiger partial charge in [-0.25, -0.2) is 0 Å². The highest BCUT2D eigenvalue weighted by molar-refractivity contribution is 5.80. The molecule has 1 saturated heterocycles. The van der Waals surface area contributed by atoms with E-state index in [1.807, 2.05) is 0 Å². The van der Waals surface area contributed by atoms with Crippen LogP contribution in [0.3, 0.4) is 0 Å². The summed E-state index contributed by atoms with van der Waals surface area (Å²) in [6.45, 7) is 0.232. The van der Waals surface area contributed by atoms with Gasteiger partial charge in [0, 0.05) is 13.1 Å². The minimum Gasteiger partial charge on any atom is -0.481 e. The lowest BCUT2D eigenvalue weighted by molar-refractivity contribution is -0.175. The van der Waals surface area contributed by atoms with E-state index in [2.05, 4.69) is 4.74 Å². The summed E-state index contributed by atoms with van der Waals surface area (Å²) in [6, 6.07) is 0. The smallest absolute Gasteiger partial charge is 0.411 e. The predicted octanol–water partition coefficient (Wildman–Crippen LogP) is 1.28. The fraction of sp³-hybridized carbons (Fsp3) is 0.818. The summed E-state index contributed by atoms with van der Waals surface area (Å²) in [4.78, 5) is 24.0. The van der Waals surface area contributed by atoms with Crippen molar-refractivity contribution < 1.29 is 32.6 Å². The van der Waals surface area contributed by atoms with Crippen LogP contribution in [-0.2, 0) is 14.3 Å². The van der Waals surface area contributed by atoms with Gasteiger partial charge in [0.1, 0.15) is 6.61 Å². The van der Waals surface area contributed by atoms with Crippen molar-refractivity contribution in [3.8, 4) is 0 Å². The van der Waals surface area contributed by atoms with E-state index in [1.54, 1.807) is 6.92 Å². The second-order valence-corrected chi connectivity index (χ2v) is 4.85. The normalized spacial score (nSPS) is 23.7. The van der Waals surface area contributed by atoms with Gasteiger partial charge < -0.3 is 14.7 Å². The van der Waals surface area contributed by atoms with Gasteiger partial charge in [-0.2, -0.15) is 13.2 Å². The molecule has 0 saturated carbocycles. The summed E-state index contributed by atoms with van der Waals surface area (Å²) in [5.74, 6) is -1.36.